The van der Waals surface area contributed by atoms with Gasteiger partial charge in [-0.25, -0.2) is 9.97 Å². The van der Waals surface area contributed by atoms with Crippen LogP contribution in [-0.4, -0.2) is 31.8 Å². The van der Waals surface area contributed by atoms with Gasteiger partial charge < -0.3 is 9.88 Å². The van der Waals surface area contributed by atoms with E-state index < -0.39 is 0 Å². The van der Waals surface area contributed by atoms with E-state index in [4.69, 9.17) is 0 Å². The van der Waals surface area contributed by atoms with E-state index in [0.29, 0.717) is 5.75 Å². The van der Waals surface area contributed by atoms with Gasteiger partial charge in [0.2, 0.25) is 0 Å². The molecule has 18 heavy (non-hydrogen) atoms. The van der Waals surface area contributed by atoms with Crippen molar-refractivity contribution in [3.63, 3.8) is 0 Å². The van der Waals surface area contributed by atoms with Crippen LogP contribution in [0.5, 0.6) is 0 Å². The van der Waals surface area contributed by atoms with E-state index in [1.165, 1.54) is 0 Å². The number of hydrogen-bond donors (Lipinski definition) is 1. The van der Waals surface area contributed by atoms with Gasteiger partial charge in [-0.2, -0.15) is 0 Å². The van der Waals surface area contributed by atoms with E-state index >= 15 is 0 Å². The Kier molecular flexibility index (Phi) is 3.81. The summed E-state index contributed by atoms with van der Waals surface area (Å²) < 4.78 is 1.96. The average molecular weight is 264 g/mol. The molecule has 0 radical (unpaired) electrons. The van der Waals surface area contributed by atoms with E-state index in [2.05, 4.69) is 25.5 Å². The fourth-order valence-corrected chi connectivity index (χ4v) is 2.28. The van der Waals surface area contributed by atoms with Gasteiger partial charge in [0.05, 0.1) is 5.75 Å². The minimum Gasteiger partial charge on any atom is -0.373 e. The van der Waals surface area contributed by atoms with Crippen LogP contribution in [0.15, 0.2) is 11.2 Å². The number of aryl methyl sites for hydroxylation is 2. The third kappa shape index (κ3) is 2.79. The molecule has 0 saturated heterocycles. The summed E-state index contributed by atoms with van der Waals surface area (Å²) in [6.45, 7) is 3.89. The third-order valence-electron chi connectivity index (χ3n) is 2.54. The van der Waals surface area contributed by atoms with Gasteiger partial charge in [-0.1, -0.05) is 11.8 Å². The highest BCUT2D eigenvalue weighted by Gasteiger charge is 2.08. The first-order valence-electron chi connectivity index (χ1n) is 5.61. The van der Waals surface area contributed by atoms with Crippen LogP contribution >= 0.6 is 11.8 Å². The van der Waals surface area contributed by atoms with Crippen LogP contribution < -0.4 is 5.32 Å². The Morgan fingerprint density at radius 1 is 1.28 bits per heavy atom. The summed E-state index contributed by atoms with van der Waals surface area (Å²) in [5.41, 5.74) is 0.957. The molecular formula is C11H16N6S. The fraction of sp³-hybridized carbons (Fsp3) is 0.455. The summed E-state index contributed by atoms with van der Waals surface area (Å²) in [6, 6.07) is 1.92. The summed E-state index contributed by atoms with van der Waals surface area (Å²) >= 11 is 1.59. The standard InChI is InChI=1S/C11H16N6S/c1-7-5-9(12-3)14-10(13-7)6-18-11-16-15-8(2)17(11)4/h5H,6H2,1-4H3,(H,12,13,14). The normalized spacial score (nSPS) is 10.7. The number of hydrogen-bond acceptors (Lipinski definition) is 6. The Morgan fingerprint density at radius 3 is 2.67 bits per heavy atom. The molecule has 2 rings (SSSR count). The Hall–Kier alpha value is -1.63. The zero-order valence-electron chi connectivity index (χ0n) is 10.9. The lowest BCUT2D eigenvalue weighted by Crippen LogP contribution is -2.01. The van der Waals surface area contributed by atoms with Crippen molar-refractivity contribution in [2.24, 2.45) is 7.05 Å². The first-order valence-corrected chi connectivity index (χ1v) is 6.60. The highest BCUT2D eigenvalue weighted by molar-refractivity contribution is 7.98. The van der Waals surface area contributed by atoms with Gasteiger partial charge in [0, 0.05) is 25.9 Å². The zero-order valence-corrected chi connectivity index (χ0v) is 11.7. The SMILES string of the molecule is CNc1cc(C)nc(CSc2nnc(C)n2C)n1. The maximum Gasteiger partial charge on any atom is 0.191 e. The van der Waals surface area contributed by atoms with Crippen molar-refractivity contribution in [2.45, 2.75) is 24.8 Å². The second kappa shape index (κ2) is 5.34. The van der Waals surface area contributed by atoms with Crippen molar-refractivity contribution in [3.05, 3.63) is 23.4 Å². The van der Waals surface area contributed by atoms with Gasteiger partial charge in [0.1, 0.15) is 17.5 Å². The van der Waals surface area contributed by atoms with E-state index in [0.717, 1.165) is 28.3 Å². The molecule has 0 amide bonds. The predicted molar refractivity (Wildman–Crippen MR) is 71.6 cm³/mol. The first-order chi connectivity index (χ1) is 8.60. The molecule has 0 unspecified atom stereocenters. The minimum atomic E-state index is 0.683. The Bertz CT molecular complexity index is 550. The lowest BCUT2D eigenvalue weighted by atomic mass is 10.4. The van der Waals surface area contributed by atoms with Crippen LogP contribution in [0.3, 0.4) is 0 Å². The van der Waals surface area contributed by atoms with Crippen LogP contribution in [0.25, 0.3) is 0 Å². The van der Waals surface area contributed by atoms with Crippen LogP contribution in [0.4, 0.5) is 5.82 Å². The summed E-state index contributed by atoms with van der Waals surface area (Å²) in [5, 5.41) is 12.0. The number of anilines is 1. The van der Waals surface area contributed by atoms with E-state index in [1.807, 2.05) is 38.6 Å². The minimum absolute atomic E-state index is 0.683. The number of thioether (sulfide) groups is 1. The molecule has 2 aromatic heterocycles. The van der Waals surface area contributed by atoms with Crippen molar-refractivity contribution in [3.8, 4) is 0 Å². The van der Waals surface area contributed by atoms with E-state index in [1.54, 1.807) is 11.8 Å². The second-order valence-electron chi connectivity index (χ2n) is 3.94. The van der Waals surface area contributed by atoms with E-state index in [9.17, 15) is 0 Å². The van der Waals surface area contributed by atoms with Crippen LogP contribution in [0.2, 0.25) is 0 Å². The molecule has 0 saturated carbocycles. The molecule has 2 heterocycles. The third-order valence-corrected chi connectivity index (χ3v) is 3.56. The Morgan fingerprint density at radius 2 is 2.06 bits per heavy atom. The number of rotatable bonds is 4. The molecule has 0 aliphatic rings. The predicted octanol–water partition coefficient (Wildman–Crippen LogP) is 1.56. The molecule has 0 aliphatic carbocycles. The van der Waals surface area contributed by atoms with Gasteiger partial charge in [0.25, 0.3) is 0 Å². The molecule has 6 nitrogen and oxygen atoms in total. The van der Waals surface area contributed by atoms with Crippen LogP contribution in [0, 0.1) is 13.8 Å². The van der Waals surface area contributed by atoms with Gasteiger partial charge in [-0.3, -0.25) is 0 Å². The molecule has 0 aliphatic heterocycles. The van der Waals surface area contributed by atoms with Gasteiger partial charge in [-0.05, 0) is 13.8 Å². The number of nitrogens with one attached hydrogen (secondary N) is 1. The lowest BCUT2D eigenvalue weighted by Gasteiger charge is -2.05. The van der Waals surface area contributed by atoms with Crippen molar-refractivity contribution in [1.29, 1.82) is 0 Å². The molecule has 0 bridgehead atoms. The smallest absolute Gasteiger partial charge is 0.191 e. The van der Waals surface area contributed by atoms with Crippen LogP contribution in [-0.2, 0) is 12.8 Å². The fourth-order valence-electron chi connectivity index (χ4n) is 1.47. The molecular weight excluding hydrogens is 248 g/mol. The molecule has 0 spiro atoms. The molecule has 1 N–H and O–H groups in total. The van der Waals surface area contributed by atoms with Crippen molar-refractivity contribution in [2.75, 3.05) is 12.4 Å². The molecule has 0 atom stereocenters. The molecule has 96 valence electrons. The van der Waals surface area contributed by atoms with Gasteiger partial charge in [-0.15, -0.1) is 10.2 Å². The zero-order chi connectivity index (χ0) is 13.1. The first kappa shape index (κ1) is 12.8. The highest BCUT2D eigenvalue weighted by atomic mass is 32.2. The molecule has 2 aromatic rings. The summed E-state index contributed by atoms with van der Waals surface area (Å²) in [7, 11) is 3.80. The van der Waals surface area contributed by atoms with Crippen LogP contribution in [0.1, 0.15) is 17.3 Å². The maximum atomic E-state index is 4.40. The monoisotopic (exact) mass is 264 g/mol. The maximum absolute atomic E-state index is 4.40. The summed E-state index contributed by atoms with van der Waals surface area (Å²) in [4.78, 5) is 8.81. The summed E-state index contributed by atoms with van der Waals surface area (Å²) in [6.07, 6.45) is 0. The molecule has 7 heteroatoms. The lowest BCUT2D eigenvalue weighted by molar-refractivity contribution is 0.765. The average Bonchev–Trinajstić information content (AvgIpc) is 2.67. The quantitative estimate of drug-likeness (QED) is 0.845. The largest absolute Gasteiger partial charge is 0.373 e. The second-order valence-corrected chi connectivity index (χ2v) is 4.88. The molecule has 0 aromatic carbocycles. The molecule has 0 fully saturated rings. The van der Waals surface area contributed by atoms with Gasteiger partial charge >= 0.3 is 0 Å². The van der Waals surface area contributed by atoms with E-state index in [-0.39, 0.29) is 0 Å². The van der Waals surface area contributed by atoms with Crippen molar-refractivity contribution >= 4 is 17.6 Å². The van der Waals surface area contributed by atoms with Gasteiger partial charge in [0.15, 0.2) is 5.16 Å². The summed E-state index contributed by atoms with van der Waals surface area (Å²) in [5.74, 6) is 3.22. The topological polar surface area (TPSA) is 68.5 Å². The highest BCUT2D eigenvalue weighted by Crippen LogP contribution is 2.20. The number of aromatic nitrogens is 5. The van der Waals surface area contributed by atoms with Crippen molar-refractivity contribution in [1.82, 2.24) is 24.7 Å². The Balaban J connectivity index is 2.10. The number of nitrogens with zero attached hydrogens (tertiary/aromatic N) is 5. The Labute approximate surface area is 110 Å². The van der Waals surface area contributed by atoms with Crippen molar-refractivity contribution < 1.29 is 0 Å².